The van der Waals surface area contributed by atoms with E-state index in [0.29, 0.717) is 5.75 Å². The van der Waals surface area contributed by atoms with E-state index < -0.39 is 7.12 Å². The summed E-state index contributed by atoms with van der Waals surface area (Å²) >= 11 is 4.34. The van der Waals surface area contributed by atoms with Crippen molar-refractivity contribution in [3.8, 4) is 0 Å². The van der Waals surface area contributed by atoms with Gasteiger partial charge in [-0.3, -0.25) is 0 Å². The summed E-state index contributed by atoms with van der Waals surface area (Å²) in [6.45, 7) is 8.02. The quantitative estimate of drug-likeness (QED) is 0.675. The Hall–Kier alpha value is -0.775. The molecule has 1 heterocycles. The number of halogens is 1. The zero-order valence-corrected chi connectivity index (χ0v) is 13.2. The number of benzene rings is 1. The second-order valence-electron chi connectivity index (χ2n) is 6.02. The van der Waals surface area contributed by atoms with Crippen molar-refractivity contribution in [2.24, 2.45) is 0 Å². The van der Waals surface area contributed by atoms with Crippen LogP contribution in [-0.2, 0) is 9.31 Å². The van der Waals surface area contributed by atoms with Gasteiger partial charge in [-0.15, -0.1) is 0 Å². The molecule has 0 saturated carbocycles. The fourth-order valence-corrected chi connectivity index (χ4v) is 2.23. The van der Waals surface area contributed by atoms with Crippen LogP contribution in [-0.4, -0.2) is 24.1 Å². The van der Waals surface area contributed by atoms with Crippen LogP contribution in [0.4, 0.5) is 4.39 Å². The third kappa shape index (κ3) is 3.10. The van der Waals surface area contributed by atoms with Crippen molar-refractivity contribution in [1.29, 1.82) is 0 Å². The largest absolute Gasteiger partial charge is 0.491 e. The van der Waals surface area contributed by atoms with E-state index in [9.17, 15) is 4.39 Å². The molecule has 1 saturated heterocycles. The van der Waals surface area contributed by atoms with Gasteiger partial charge in [-0.1, -0.05) is 18.2 Å². The number of thiol groups is 1. The van der Waals surface area contributed by atoms with E-state index in [0.717, 1.165) is 11.0 Å². The van der Waals surface area contributed by atoms with Gasteiger partial charge in [0.25, 0.3) is 0 Å². The zero-order chi connectivity index (χ0) is 15.0. The lowest BCUT2D eigenvalue weighted by molar-refractivity contribution is 0.00578. The van der Waals surface area contributed by atoms with Crippen molar-refractivity contribution in [2.45, 2.75) is 38.9 Å². The summed E-state index contributed by atoms with van der Waals surface area (Å²) in [5.74, 6) is 0.235. The minimum absolute atomic E-state index is 0.258. The van der Waals surface area contributed by atoms with Gasteiger partial charge in [0.05, 0.1) is 11.2 Å². The van der Waals surface area contributed by atoms with Gasteiger partial charge in [0.15, 0.2) is 0 Å². The topological polar surface area (TPSA) is 18.5 Å². The molecule has 0 amide bonds. The summed E-state index contributed by atoms with van der Waals surface area (Å²) in [5.41, 5.74) is 0.893. The van der Waals surface area contributed by atoms with Crippen LogP contribution in [0.15, 0.2) is 29.7 Å². The third-order valence-corrected chi connectivity index (χ3v) is 4.30. The Kier molecular flexibility index (Phi) is 4.33. The van der Waals surface area contributed by atoms with Gasteiger partial charge < -0.3 is 9.31 Å². The predicted octanol–water partition coefficient (Wildman–Crippen LogP) is 3.77. The molecule has 2 nitrogen and oxygen atoms in total. The maximum absolute atomic E-state index is 13.2. The molecular weight excluding hydrogens is 274 g/mol. The summed E-state index contributed by atoms with van der Waals surface area (Å²) in [4.78, 5) is 0. The summed E-state index contributed by atoms with van der Waals surface area (Å²) in [5, 5.41) is 0. The smallest absolute Gasteiger partial charge is 0.400 e. The molecule has 0 atom stereocenters. The van der Waals surface area contributed by atoms with Crippen molar-refractivity contribution in [1.82, 2.24) is 0 Å². The molecule has 20 heavy (non-hydrogen) atoms. The van der Waals surface area contributed by atoms with E-state index in [1.165, 1.54) is 12.1 Å². The first-order valence-electron chi connectivity index (χ1n) is 6.68. The Labute approximate surface area is 125 Å². The molecular formula is C15H20BFO2S. The number of rotatable bonds is 3. The molecule has 0 bridgehead atoms. The van der Waals surface area contributed by atoms with Gasteiger partial charge in [0.2, 0.25) is 0 Å². The van der Waals surface area contributed by atoms with E-state index in [2.05, 4.69) is 12.6 Å². The molecule has 0 unspecified atom stereocenters. The molecule has 1 aromatic rings. The van der Waals surface area contributed by atoms with Crippen molar-refractivity contribution in [3.63, 3.8) is 0 Å². The fraction of sp³-hybridized carbons (Fsp3) is 0.467. The second kappa shape index (κ2) is 5.55. The van der Waals surface area contributed by atoms with E-state index in [4.69, 9.17) is 9.31 Å². The normalized spacial score (nSPS) is 21.3. The van der Waals surface area contributed by atoms with Crippen molar-refractivity contribution in [3.05, 3.63) is 41.1 Å². The van der Waals surface area contributed by atoms with Gasteiger partial charge >= 0.3 is 7.12 Å². The first-order valence-corrected chi connectivity index (χ1v) is 7.31. The monoisotopic (exact) mass is 294 g/mol. The number of hydrogen-bond acceptors (Lipinski definition) is 3. The summed E-state index contributed by atoms with van der Waals surface area (Å²) in [6, 6.07) is 6.43. The molecule has 0 spiro atoms. The average molecular weight is 294 g/mol. The third-order valence-electron chi connectivity index (χ3n) is 3.94. The van der Waals surface area contributed by atoms with Crippen LogP contribution in [0.3, 0.4) is 0 Å². The molecule has 0 aliphatic carbocycles. The van der Waals surface area contributed by atoms with E-state index >= 15 is 0 Å². The molecule has 2 rings (SSSR count). The van der Waals surface area contributed by atoms with Crippen LogP contribution in [0.25, 0.3) is 6.08 Å². The molecule has 1 aromatic carbocycles. The van der Waals surface area contributed by atoms with Crippen LogP contribution >= 0.6 is 12.6 Å². The first kappa shape index (κ1) is 15.6. The Morgan fingerprint density at radius 1 is 1.25 bits per heavy atom. The first-order chi connectivity index (χ1) is 9.25. The highest BCUT2D eigenvalue weighted by Crippen LogP contribution is 2.38. The van der Waals surface area contributed by atoms with Crippen LogP contribution in [0.2, 0.25) is 0 Å². The van der Waals surface area contributed by atoms with E-state index in [1.54, 1.807) is 6.07 Å². The molecule has 0 radical (unpaired) electrons. The summed E-state index contributed by atoms with van der Waals surface area (Å²) < 4.78 is 25.2. The zero-order valence-electron chi connectivity index (χ0n) is 12.3. The minimum Gasteiger partial charge on any atom is -0.400 e. The Bertz CT molecular complexity index is 512. The van der Waals surface area contributed by atoms with Gasteiger partial charge in [-0.2, -0.15) is 12.6 Å². The maximum Gasteiger partial charge on any atom is 0.491 e. The molecule has 0 aromatic heterocycles. The van der Waals surface area contributed by atoms with Crippen LogP contribution in [0.1, 0.15) is 33.3 Å². The average Bonchev–Trinajstić information content (AvgIpc) is 2.55. The van der Waals surface area contributed by atoms with Crippen LogP contribution in [0.5, 0.6) is 0 Å². The molecule has 1 aliphatic rings. The fourth-order valence-electron chi connectivity index (χ4n) is 1.99. The Balaban J connectivity index is 2.26. The molecule has 108 valence electrons. The van der Waals surface area contributed by atoms with Crippen molar-refractivity contribution in [2.75, 3.05) is 5.75 Å². The van der Waals surface area contributed by atoms with Gasteiger partial charge in [-0.05, 0) is 50.9 Å². The number of hydrogen-bond donors (Lipinski definition) is 1. The Morgan fingerprint density at radius 2 is 1.85 bits per heavy atom. The van der Waals surface area contributed by atoms with Crippen LogP contribution in [0, 0.1) is 5.82 Å². The standard InChI is InChI=1S/C15H20BFO2S/c1-14(2)15(3,4)19-16(18-14)12(10-20)8-11-6-5-7-13(17)9-11/h5-9,20H,10H2,1-4H3. The van der Waals surface area contributed by atoms with E-state index in [-0.39, 0.29) is 17.0 Å². The van der Waals surface area contributed by atoms with Crippen LogP contribution < -0.4 is 0 Å². The molecule has 5 heteroatoms. The van der Waals surface area contributed by atoms with Crippen molar-refractivity contribution < 1.29 is 13.7 Å². The maximum atomic E-state index is 13.2. The lowest BCUT2D eigenvalue weighted by Crippen LogP contribution is -2.41. The Morgan fingerprint density at radius 3 is 2.35 bits per heavy atom. The highest BCUT2D eigenvalue weighted by molar-refractivity contribution is 7.80. The minimum atomic E-state index is -0.444. The summed E-state index contributed by atoms with van der Waals surface area (Å²) in [6.07, 6.45) is 1.87. The van der Waals surface area contributed by atoms with Gasteiger partial charge in [0, 0.05) is 5.75 Å². The molecule has 1 fully saturated rings. The summed E-state index contributed by atoms with van der Waals surface area (Å²) in [7, 11) is -0.444. The highest BCUT2D eigenvalue weighted by atomic mass is 32.1. The predicted molar refractivity (Wildman–Crippen MR) is 84.3 cm³/mol. The second-order valence-corrected chi connectivity index (χ2v) is 6.34. The van der Waals surface area contributed by atoms with Gasteiger partial charge in [0.1, 0.15) is 5.82 Å². The van der Waals surface area contributed by atoms with Gasteiger partial charge in [-0.25, -0.2) is 4.39 Å². The lowest BCUT2D eigenvalue weighted by atomic mass is 9.78. The SMILES string of the molecule is CC1(C)OB(C(=Cc2cccc(F)c2)CS)OC1(C)C. The van der Waals surface area contributed by atoms with Crippen molar-refractivity contribution >= 4 is 25.8 Å². The highest BCUT2D eigenvalue weighted by Gasteiger charge is 2.52. The molecule has 1 aliphatic heterocycles. The lowest BCUT2D eigenvalue weighted by Gasteiger charge is -2.32. The van der Waals surface area contributed by atoms with E-state index in [1.807, 2.05) is 39.8 Å². The molecule has 0 N–H and O–H groups in total.